The molecule has 1 aromatic carbocycles. The molecule has 2 aromatic heterocycles. The number of pyridine rings is 1. The number of benzene rings is 1. The predicted molar refractivity (Wildman–Crippen MR) is 97.2 cm³/mol. The van der Waals surface area contributed by atoms with Crippen molar-refractivity contribution in [2.24, 2.45) is 0 Å². The van der Waals surface area contributed by atoms with Crippen molar-refractivity contribution in [3.05, 3.63) is 69.5 Å². The topological polar surface area (TPSA) is 37.8 Å². The molecule has 0 aliphatic heterocycles. The summed E-state index contributed by atoms with van der Waals surface area (Å²) < 4.78 is 0. The molecule has 3 nitrogen and oxygen atoms in total. The number of rotatable bonds is 6. The minimum absolute atomic E-state index is 0.639. The molecule has 0 spiro atoms. The highest BCUT2D eigenvalue weighted by molar-refractivity contribution is 7.15. The molecule has 3 aromatic rings. The minimum atomic E-state index is 0.639. The monoisotopic (exact) mass is 363 g/mol. The lowest BCUT2D eigenvalue weighted by Gasteiger charge is -2.02. The minimum Gasteiger partial charge on any atom is -0.310 e. The number of nitrogens with zero attached hydrogens (tertiary/aromatic N) is 2. The number of halogens is 2. The molecule has 118 valence electrons. The summed E-state index contributed by atoms with van der Waals surface area (Å²) in [6.45, 7) is 1.61. The lowest BCUT2D eigenvalue weighted by atomic mass is 10.2. The second-order valence-electron chi connectivity index (χ2n) is 4.99. The van der Waals surface area contributed by atoms with Gasteiger partial charge >= 0.3 is 0 Å². The molecule has 0 bridgehead atoms. The van der Waals surface area contributed by atoms with Gasteiger partial charge in [-0.05, 0) is 24.3 Å². The lowest BCUT2D eigenvalue weighted by Crippen LogP contribution is -2.16. The Morgan fingerprint density at radius 2 is 2.00 bits per heavy atom. The third-order valence-corrected chi connectivity index (χ3v) is 4.89. The molecule has 6 heteroatoms. The normalized spacial score (nSPS) is 10.9. The van der Waals surface area contributed by atoms with Crippen molar-refractivity contribution in [2.75, 3.05) is 6.54 Å². The maximum atomic E-state index is 6.24. The molecule has 0 saturated heterocycles. The van der Waals surface area contributed by atoms with E-state index in [-0.39, 0.29) is 0 Å². The number of aromatic nitrogens is 2. The van der Waals surface area contributed by atoms with Crippen LogP contribution in [0.1, 0.15) is 10.7 Å². The first-order chi connectivity index (χ1) is 11.2. The molecular formula is C17H15Cl2N3S. The Bertz CT molecular complexity index is 775. The zero-order valence-electron chi connectivity index (χ0n) is 12.3. The molecule has 0 aliphatic carbocycles. The number of nitrogens with one attached hydrogen (secondary N) is 1. The Hall–Kier alpha value is -1.46. The Labute approximate surface area is 149 Å². The van der Waals surface area contributed by atoms with Gasteiger partial charge in [0.05, 0.1) is 9.90 Å². The summed E-state index contributed by atoms with van der Waals surface area (Å²) in [5.74, 6) is 0. The van der Waals surface area contributed by atoms with E-state index in [2.05, 4.69) is 15.3 Å². The van der Waals surface area contributed by atoms with Gasteiger partial charge in [0.1, 0.15) is 5.01 Å². The molecule has 1 N–H and O–H groups in total. The Kier molecular flexibility index (Phi) is 5.62. The Morgan fingerprint density at radius 1 is 1.09 bits per heavy atom. The molecule has 3 rings (SSSR count). The van der Waals surface area contributed by atoms with Crippen molar-refractivity contribution in [1.29, 1.82) is 0 Å². The molecule has 23 heavy (non-hydrogen) atoms. The quantitative estimate of drug-likeness (QED) is 0.636. The van der Waals surface area contributed by atoms with E-state index in [1.54, 1.807) is 17.4 Å². The molecule has 0 unspecified atom stereocenters. The highest BCUT2D eigenvalue weighted by Gasteiger charge is 2.08. The summed E-state index contributed by atoms with van der Waals surface area (Å²) >= 11 is 13.8. The van der Waals surface area contributed by atoms with Crippen molar-refractivity contribution in [3.63, 3.8) is 0 Å². The first-order valence-electron chi connectivity index (χ1n) is 7.23. The molecule has 0 atom stereocenters. The van der Waals surface area contributed by atoms with Gasteiger partial charge in [-0.1, -0.05) is 35.3 Å². The first kappa shape index (κ1) is 16.4. The van der Waals surface area contributed by atoms with E-state index >= 15 is 0 Å². The van der Waals surface area contributed by atoms with Crippen LogP contribution in [-0.2, 0) is 13.0 Å². The van der Waals surface area contributed by atoms with Gasteiger partial charge in [0.15, 0.2) is 0 Å². The molecule has 0 saturated carbocycles. The van der Waals surface area contributed by atoms with Gasteiger partial charge < -0.3 is 5.32 Å². The lowest BCUT2D eigenvalue weighted by molar-refractivity contribution is 0.677. The summed E-state index contributed by atoms with van der Waals surface area (Å²) in [5.41, 5.74) is 2.06. The van der Waals surface area contributed by atoms with Crippen LogP contribution in [0.15, 0.2) is 48.8 Å². The highest BCUT2D eigenvalue weighted by atomic mass is 35.5. The maximum Gasteiger partial charge on any atom is 0.107 e. The Balaban J connectivity index is 1.55. The zero-order chi connectivity index (χ0) is 16.1. The van der Waals surface area contributed by atoms with Gasteiger partial charge in [0.25, 0.3) is 0 Å². The largest absolute Gasteiger partial charge is 0.310 e. The number of hydrogen-bond donors (Lipinski definition) is 1. The van der Waals surface area contributed by atoms with E-state index in [0.717, 1.165) is 40.7 Å². The van der Waals surface area contributed by atoms with Gasteiger partial charge in [0.2, 0.25) is 0 Å². The highest BCUT2D eigenvalue weighted by Crippen LogP contribution is 2.33. The van der Waals surface area contributed by atoms with Crippen molar-refractivity contribution < 1.29 is 0 Å². The third-order valence-electron chi connectivity index (χ3n) is 3.31. The van der Waals surface area contributed by atoms with Crippen LogP contribution >= 0.6 is 34.5 Å². The van der Waals surface area contributed by atoms with Gasteiger partial charge in [-0.2, -0.15) is 0 Å². The summed E-state index contributed by atoms with van der Waals surface area (Å²) in [5, 5.41) is 5.71. The maximum absolute atomic E-state index is 6.24. The van der Waals surface area contributed by atoms with Crippen LogP contribution in [0.3, 0.4) is 0 Å². The summed E-state index contributed by atoms with van der Waals surface area (Å²) in [6.07, 6.45) is 4.58. The SMILES string of the molecule is Clc1ccc(-c2cnc(CNCCc3ccccn3)s2)c(Cl)c1. The smallest absolute Gasteiger partial charge is 0.107 e. The standard InChI is InChI=1S/C17H15Cl2N3S/c18-12-4-5-14(15(19)9-12)16-10-22-17(23-16)11-20-8-6-13-3-1-2-7-21-13/h1-5,7,9-10,20H,6,8,11H2. The van der Waals surface area contributed by atoms with E-state index in [1.807, 2.05) is 42.7 Å². The first-order valence-corrected chi connectivity index (χ1v) is 8.80. The number of hydrogen-bond acceptors (Lipinski definition) is 4. The van der Waals surface area contributed by atoms with E-state index in [4.69, 9.17) is 23.2 Å². The van der Waals surface area contributed by atoms with E-state index in [9.17, 15) is 0 Å². The van der Waals surface area contributed by atoms with Gasteiger partial charge in [0, 0.05) is 48.2 Å². The molecule has 0 aliphatic rings. The fourth-order valence-electron chi connectivity index (χ4n) is 2.16. The molecular weight excluding hydrogens is 349 g/mol. The van der Waals surface area contributed by atoms with Crippen LogP contribution in [0.25, 0.3) is 10.4 Å². The molecule has 0 amide bonds. The van der Waals surface area contributed by atoms with Crippen molar-refractivity contribution in [1.82, 2.24) is 15.3 Å². The summed E-state index contributed by atoms with van der Waals surface area (Å²) in [7, 11) is 0. The van der Waals surface area contributed by atoms with Crippen LogP contribution in [-0.4, -0.2) is 16.5 Å². The second kappa shape index (κ2) is 7.88. The van der Waals surface area contributed by atoms with Crippen LogP contribution in [0.2, 0.25) is 10.0 Å². The van der Waals surface area contributed by atoms with Crippen LogP contribution in [0.5, 0.6) is 0 Å². The summed E-state index contributed by atoms with van der Waals surface area (Å²) in [6, 6.07) is 11.5. The van der Waals surface area contributed by atoms with Gasteiger partial charge in [-0.3, -0.25) is 4.98 Å². The average Bonchev–Trinajstić information content (AvgIpc) is 3.01. The predicted octanol–water partition coefficient (Wildman–Crippen LogP) is 4.84. The third kappa shape index (κ3) is 4.52. The fraction of sp³-hybridized carbons (Fsp3) is 0.176. The van der Waals surface area contributed by atoms with E-state index in [1.165, 1.54) is 0 Å². The van der Waals surface area contributed by atoms with E-state index in [0.29, 0.717) is 10.0 Å². The van der Waals surface area contributed by atoms with Crippen LogP contribution in [0, 0.1) is 0 Å². The van der Waals surface area contributed by atoms with Crippen LogP contribution < -0.4 is 5.32 Å². The second-order valence-corrected chi connectivity index (χ2v) is 6.95. The van der Waals surface area contributed by atoms with Crippen molar-refractivity contribution >= 4 is 34.5 Å². The average molecular weight is 364 g/mol. The van der Waals surface area contributed by atoms with Crippen molar-refractivity contribution in [2.45, 2.75) is 13.0 Å². The molecule has 0 fully saturated rings. The van der Waals surface area contributed by atoms with Crippen molar-refractivity contribution in [3.8, 4) is 10.4 Å². The van der Waals surface area contributed by atoms with E-state index < -0.39 is 0 Å². The molecule has 0 radical (unpaired) electrons. The summed E-state index contributed by atoms with van der Waals surface area (Å²) in [4.78, 5) is 9.80. The fourth-order valence-corrected chi connectivity index (χ4v) is 3.66. The zero-order valence-corrected chi connectivity index (χ0v) is 14.6. The van der Waals surface area contributed by atoms with Gasteiger partial charge in [-0.25, -0.2) is 4.98 Å². The van der Waals surface area contributed by atoms with Gasteiger partial charge in [-0.15, -0.1) is 11.3 Å². The Morgan fingerprint density at radius 3 is 2.78 bits per heavy atom. The molecule has 2 heterocycles. The van der Waals surface area contributed by atoms with Crippen LogP contribution in [0.4, 0.5) is 0 Å². The number of thiazole rings is 1.